The van der Waals surface area contributed by atoms with E-state index in [9.17, 15) is 9.59 Å². The predicted molar refractivity (Wildman–Crippen MR) is 59.0 cm³/mol. The second-order valence-corrected chi connectivity index (χ2v) is 3.77. The first kappa shape index (κ1) is 11.3. The average Bonchev–Trinajstić information content (AvgIpc) is 2.28. The molecule has 0 spiro atoms. The summed E-state index contributed by atoms with van der Waals surface area (Å²) in [7, 11) is 3.18. The van der Waals surface area contributed by atoms with Crippen LogP contribution in [0.5, 0.6) is 11.5 Å². The largest absolute Gasteiger partial charge is 0.414 e. The van der Waals surface area contributed by atoms with E-state index >= 15 is 0 Å². The van der Waals surface area contributed by atoms with Crippen molar-refractivity contribution >= 4 is 12.2 Å². The van der Waals surface area contributed by atoms with E-state index in [0.717, 1.165) is 5.56 Å². The predicted octanol–water partition coefficient (Wildman–Crippen LogP) is 1.35. The number of ether oxygens (including phenoxy) is 2. The lowest BCUT2D eigenvalue weighted by Gasteiger charge is -2.18. The van der Waals surface area contributed by atoms with Gasteiger partial charge in [0.05, 0.1) is 0 Å². The Bertz CT molecular complexity index is 471. The second kappa shape index (κ2) is 4.32. The molecule has 0 aromatic heterocycles. The van der Waals surface area contributed by atoms with E-state index in [1.54, 1.807) is 26.2 Å². The Balaban J connectivity index is 2.18. The summed E-state index contributed by atoms with van der Waals surface area (Å²) in [5.74, 6) is 0.759. The second-order valence-electron chi connectivity index (χ2n) is 3.77. The quantitative estimate of drug-likeness (QED) is 0.799. The summed E-state index contributed by atoms with van der Waals surface area (Å²) >= 11 is 0. The van der Waals surface area contributed by atoms with Crippen molar-refractivity contribution in [2.45, 2.75) is 6.54 Å². The summed E-state index contributed by atoms with van der Waals surface area (Å²) in [6.45, 7) is 0.413. The highest BCUT2D eigenvalue weighted by Gasteiger charge is 2.17. The van der Waals surface area contributed by atoms with Crippen molar-refractivity contribution in [3.05, 3.63) is 23.8 Å². The number of carbonyl (C=O) groups excluding carboxylic acids is 2. The molecule has 0 unspecified atom stereocenters. The number of nitrogens with zero attached hydrogens (tertiary/aromatic N) is 1. The van der Waals surface area contributed by atoms with Crippen LogP contribution in [0.3, 0.4) is 0 Å². The lowest BCUT2D eigenvalue weighted by molar-refractivity contribution is 0.171. The van der Waals surface area contributed by atoms with Crippen LogP contribution in [0.15, 0.2) is 18.2 Å². The zero-order chi connectivity index (χ0) is 12.4. The zero-order valence-electron chi connectivity index (χ0n) is 9.52. The van der Waals surface area contributed by atoms with Gasteiger partial charge in [0.25, 0.3) is 0 Å². The molecule has 2 rings (SSSR count). The molecule has 6 nitrogen and oxygen atoms in total. The first-order valence-electron chi connectivity index (χ1n) is 5.04. The lowest BCUT2D eigenvalue weighted by Crippen LogP contribution is -2.31. The van der Waals surface area contributed by atoms with Crippen LogP contribution in [0, 0.1) is 0 Å². The minimum absolute atomic E-state index is 0.345. The molecule has 0 saturated heterocycles. The van der Waals surface area contributed by atoms with Gasteiger partial charge in [-0.15, -0.1) is 0 Å². The van der Waals surface area contributed by atoms with Crippen LogP contribution >= 0.6 is 0 Å². The summed E-state index contributed by atoms with van der Waals surface area (Å²) in [6.07, 6.45) is -0.987. The van der Waals surface area contributed by atoms with E-state index in [1.807, 2.05) is 0 Å². The summed E-state index contributed by atoms with van der Waals surface area (Å²) < 4.78 is 10.0. The number of hydrogen-bond donors (Lipinski definition) is 1. The normalized spacial score (nSPS) is 13.2. The van der Waals surface area contributed by atoms with Crippen LogP contribution in [-0.2, 0) is 6.54 Å². The molecule has 0 fully saturated rings. The van der Waals surface area contributed by atoms with Crippen molar-refractivity contribution in [2.24, 2.45) is 0 Å². The van der Waals surface area contributed by atoms with Crippen molar-refractivity contribution in [1.82, 2.24) is 10.2 Å². The number of hydrogen-bond acceptors (Lipinski definition) is 4. The molecule has 1 heterocycles. The minimum Gasteiger partial charge on any atom is -0.410 e. The first-order chi connectivity index (χ1) is 8.06. The molecule has 0 atom stereocenters. The molecule has 1 aliphatic heterocycles. The Morgan fingerprint density at radius 3 is 2.94 bits per heavy atom. The van der Waals surface area contributed by atoms with Gasteiger partial charge in [-0.2, -0.15) is 0 Å². The maximum absolute atomic E-state index is 11.3. The van der Waals surface area contributed by atoms with E-state index in [1.165, 1.54) is 11.0 Å². The maximum atomic E-state index is 11.3. The standard InChI is InChI=1S/C11H12N2O4/c1-13(2)11(15)16-8-4-3-7-6-12-10(14)17-9(7)5-8/h3-5H,6H2,1-2H3,(H,12,14). The number of amides is 2. The molecule has 1 N–H and O–H groups in total. The Morgan fingerprint density at radius 2 is 2.24 bits per heavy atom. The molecular formula is C11H12N2O4. The number of fused-ring (bicyclic) bond motifs is 1. The van der Waals surface area contributed by atoms with Gasteiger partial charge in [0.1, 0.15) is 11.5 Å². The van der Waals surface area contributed by atoms with Gasteiger partial charge in [0.2, 0.25) is 0 Å². The van der Waals surface area contributed by atoms with Gasteiger partial charge < -0.3 is 19.7 Å². The number of carbonyl (C=O) groups is 2. The third-order valence-electron chi connectivity index (χ3n) is 2.23. The highest BCUT2D eigenvalue weighted by molar-refractivity contribution is 5.74. The molecule has 0 saturated carbocycles. The van der Waals surface area contributed by atoms with Crippen LogP contribution in [0.2, 0.25) is 0 Å². The van der Waals surface area contributed by atoms with Gasteiger partial charge in [-0.05, 0) is 12.1 Å². The number of benzene rings is 1. The topological polar surface area (TPSA) is 67.9 Å². The molecule has 1 aliphatic rings. The van der Waals surface area contributed by atoms with E-state index in [0.29, 0.717) is 18.0 Å². The fourth-order valence-corrected chi connectivity index (χ4v) is 1.33. The molecule has 0 aliphatic carbocycles. The summed E-state index contributed by atoms with van der Waals surface area (Å²) in [4.78, 5) is 23.7. The Morgan fingerprint density at radius 1 is 1.47 bits per heavy atom. The molecule has 0 radical (unpaired) electrons. The molecule has 90 valence electrons. The van der Waals surface area contributed by atoms with Crippen LogP contribution in [-0.4, -0.2) is 31.2 Å². The Labute approximate surface area is 98.1 Å². The van der Waals surface area contributed by atoms with Gasteiger partial charge in [-0.25, -0.2) is 9.59 Å². The molecule has 6 heteroatoms. The molecule has 17 heavy (non-hydrogen) atoms. The van der Waals surface area contributed by atoms with Gasteiger partial charge in [0.15, 0.2) is 0 Å². The Hall–Kier alpha value is -2.24. The van der Waals surface area contributed by atoms with Crippen molar-refractivity contribution in [3.8, 4) is 11.5 Å². The Kier molecular flexibility index (Phi) is 2.86. The van der Waals surface area contributed by atoms with Crippen LogP contribution < -0.4 is 14.8 Å². The fraction of sp³-hybridized carbons (Fsp3) is 0.273. The van der Waals surface area contributed by atoms with Crippen molar-refractivity contribution in [1.29, 1.82) is 0 Å². The van der Waals surface area contributed by atoms with Crippen molar-refractivity contribution in [3.63, 3.8) is 0 Å². The van der Waals surface area contributed by atoms with Gasteiger partial charge in [0, 0.05) is 32.3 Å². The third kappa shape index (κ3) is 2.47. The highest BCUT2D eigenvalue weighted by Crippen LogP contribution is 2.27. The van der Waals surface area contributed by atoms with Crippen LogP contribution in [0.1, 0.15) is 5.56 Å². The molecule has 1 aromatic rings. The molecule has 2 amide bonds. The van der Waals surface area contributed by atoms with Gasteiger partial charge in [-0.3, -0.25) is 0 Å². The van der Waals surface area contributed by atoms with E-state index < -0.39 is 12.2 Å². The van der Waals surface area contributed by atoms with Gasteiger partial charge >= 0.3 is 12.2 Å². The SMILES string of the molecule is CN(C)C(=O)Oc1ccc2c(c1)OC(=O)NC2. The summed E-state index contributed by atoms with van der Waals surface area (Å²) in [6, 6.07) is 4.92. The van der Waals surface area contributed by atoms with Crippen LogP contribution in [0.25, 0.3) is 0 Å². The molecular weight excluding hydrogens is 224 g/mol. The van der Waals surface area contributed by atoms with E-state index in [-0.39, 0.29) is 0 Å². The molecule has 0 bridgehead atoms. The molecule has 1 aromatic carbocycles. The summed E-state index contributed by atoms with van der Waals surface area (Å²) in [5.41, 5.74) is 0.842. The minimum atomic E-state index is -0.506. The average molecular weight is 236 g/mol. The fourth-order valence-electron chi connectivity index (χ4n) is 1.33. The highest BCUT2D eigenvalue weighted by atomic mass is 16.6. The maximum Gasteiger partial charge on any atom is 0.414 e. The third-order valence-corrected chi connectivity index (χ3v) is 2.23. The number of rotatable bonds is 1. The van der Waals surface area contributed by atoms with Crippen molar-refractivity contribution in [2.75, 3.05) is 14.1 Å². The van der Waals surface area contributed by atoms with E-state index in [4.69, 9.17) is 9.47 Å². The van der Waals surface area contributed by atoms with E-state index in [2.05, 4.69) is 5.32 Å². The summed E-state index contributed by atoms with van der Waals surface area (Å²) in [5, 5.41) is 2.54. The lowest BCUT2D eigenvalue weighted by atomic mass is 10.2. The first-order valence-corrected chi connectivity index (χ1v) is 5.04. The van der Waals surface area contributed by atoms with Crippen molar-refractivity contribution < 1.29 is 19.1 Å². The monoisotopic (exact) mass is 236 g/mol. The van der Waals surface area contributed by atoms with Gasteiger partial charge in [-0.1, -0.05) is 0 Å². The smallest absolute Gasteiger partial charge is 0.410 e. The van der Waals surface area contributed by atoms with Crippen LogP contribution in [0.4, 0.5) is 9.59 Å². The number of nitrogens with one attached hydrogen (secondary N) is 1. The zero-order valence-corrected chi connectivity index (χ0v) is 9.52.